The molecule has 0 fully saturated rings. The van der Waals surface area contributed by atoms with Crippen molar-refractivity contribution in [1.29, 1.82) is 0 Å². The number of urea groups is 1. The van der Waals surface area contributed by atoms with Crippen LogP contribution in [0.3, 0.4) is 0 Å². The lowest BCUT2D eigenvalue weighted by Crippen LogP contribution is -2.39. The van der Waals surface area contributed by atoms with E-state index in [1.807, 2.05) is 36.4 Å². The molecule has 22 heavy (non-hydrogen) atoms. The lowest BCUT2D eigenvalue weighted by Gasteiger charge is -2.25. The van der Waals surface area contributed by atoms with E-state index in [1.165, 1.54) is 0 Å². The Labute approximate surface area is 140 Å². The van der Waals surface area contributed by atoms with Crippen molar-refractivity contribution in [2.75, 3.05) is 11.9 Å². The van der Waals surface area contributed by atoms with E-state index in [0.29, 0.717) is 22.3 Å². The first-order chi connectivity index (χ1) is 10.4. The highest BCUT2D eigenvalue weighted by molar-refractivity contribution is 6.33. The maximum Gasteiger partial charge on any atom is 0.319 e. The summed E-state index contributed by atoms with van der Waals surface area (Å²) in [6.07, 6.45) is 0. The number of anilines is 1. The Morgan fingerprint density at radius 3 is 2.32 bits per heavy atom. The zero-order chi connectivity index (χ0) is 16.2. The summed E-state index contributed by atoms with van der Waals surface area (Å²) in [7, 11) is 0. The number of amides is 2. The maximum absolute atomic E-state index is 12.0. The molecule has 0 aliphatic carbocycles. The van der Waals surface area contributed by atoms with Crippen LogP contribution in [-0.4, -0.2) is 12.6 Å². The molecule has 2 rings (SSSR count). The minimum absolute atomic E-state index is 0.206. The summed E-state index contributed by atoms with van der Waals surface area (Å²) in [5, 5.41) is 6.82. The van der Waals surface area contributed by atoms with Gasteiger partial charge in [0.1, 0.15) is 0 Å². The van der Waals surface area contributed by atoms with Gasteiger partial charge >= 0.3 is 6.03 Å². The van der Waals surface area contributed by atoms with E-state index in [4.69, 9.17) is 23.2 Å². The number of para-hydroxylation sites is 1. The Bertz CT molecular complexity index is 654. The van der Waals surface area contributed by atoms with Gasteiger partial charge in [-0.3, -0.25) is 0 Å². The largest absolute Gasteiger partial charge is 0.337 e. The molecule has 0 bridgehead atoms. The smallest absolute Gasteiger partial charge is 0.319 e. The molecule has 2 aromatic rings. The number of benzene rings is 2. The van der Waals surface area contributed by atoms with Crippen molar-refractivity contribution in [1.82, 2.24) is 5.32 Å². The lowest BCUT2D eigenvalue weighted by atomic mass is 9.85. The number of carbonyl (C=O) groups excluding carboxylic acids is 1. The van der Waals surface area contributed by atoms with Crippen molar-refractivity contribution >= 4 is 34.9 Å². The average molecular weight is 337 g/mol. The first-order valence-corrected chi connectivity index (χ1v) is 7.69. The third-order valence-corrected chi connectivity index (χ3v) is 4.02. The van der Waals surface area contributed by atoms with Crippen LogP contribution in [0.25, 0.3) is 0 Å². The summed E-state index contributed by atoms with van der Waals surface area (Å²) in [5.74, 6) is 0. The summed E-state index contributed by atoms with van der Waals surface area (Å²) >= 11 is 11.9. The second-order valence-corrected chi connectivity index (χ2v) is 6.52. The molecule has 2 amide bonds. The average Bonchev–Trinajstić information content (AvgIpc) is 2.48. The van der Waals surface area contributed by atoms with Crippen LogP contribution < -0.4 is 10.6 Å². The fourth-order valence-electron chi connectivity index (χ4n) is 2.03. The van der Waals surface area contributed by atoms with Gasteiger partial charge < -0.3 is 10.6 Å². The van der Waals surface area contributed by atoms with E-state index in [2.05, 4.69) is 24.5 Å². The normalized spacial score (nSPS) is 11.1. The molecular formula is C17H18Cl2N2O. The maximum atomic E-state index is 12.0. The zero-order valence-electron chi connectivity index (χ0n) is 12.5. The molecule has 0 spiro atoms. The van der Waals surface area contributed by atoms with Crippen molar-refractivity contribution in [3.63, 3.8) is 0 Å². The number of carbonyl (C=O) groups is 1. The molecule has 0 saturated heterocycles. The Morgan fingerprint density at radius 2 is 1.68 bits per heavy atom. The summed E-state index contributed by atoms with van der Waals surface area (Å²) < 4.78 is 0. The monoisotopic (exact) mass is 336 g/mol. The van der Waals surface area contributed by atoms with Gasteiger partial charge in [0.05, 0.1) is 10.7 Å². The van der Waals surface area contributed by atoms with Crippen molar-refractivity contribution in [2.24, 2.45) is 0 Å². The topological polar surface area (TPSA) is 41.1 Å². The molecule has 0 saturated carbocycles. The molecular weight excluding hydrogens is 319 g/mol. The van der Waals surface area contributed by atoms with Crippen molar-refractivity contribution in [3.8, 4) is 0 Å². The molecule has 0 radical (unpaired) electrons. The highest BCUT2D eigenvalue weighted by atomic mass is 35.5. The fraction of sp³-hybridized carbons (Fsp3) is 0.235. The standard InChI is InChI=1S/C17H18Cl2N2O/c1-17(2,12-7-9-13(18)10-8-12)11-20-16(22)21-15-6-4-3-5-14(15)19/h3-10H,11H2,1-2H3,(H2,20,21,22). The quantitative estimate of drug-likeness (QED) is 0.801. The molecule has 0 unspecified atom stereocenters. The first kappa shape index (κ1) is 16.7. The van der Waals surface area contributed by atoms with Crippen LogP contribution in [0.1, 0.15) is 19.4 Å². The van der Waals surface area contributed by atoms with Crippen molar-refractivity contribution < 1.29 is 4.79 Å². The predicted octanol–water partition coefficient (Wildman–Crippen LogP) is 5.09. The Hall–Kier alpha value is -1.71. The van der Waals surface area contributed by atoms with Gasteiger partial charge in [-0.05, 0) is 29.8 Å². The third-order valence-electron chi connectivity index (χ3n) is 3.44. The lowest BCUT2D eigenvalue weighted by molar-refractivity contribution is 0.249. The highest BCUT2D eigenvalue weighted by Crippen LogP contribution is 2.24. The molecule has 116 valence electrons. The van der Waals surface area contributed by atoms with Gasteiger partial charge in [0.2, 0.25) is 0 Å². The van der Waals surface area contributed by atoms with E-state index in [1.54, 1.807) is 12.1 Å². The number of hydrogen-bond donors (Lipinski definition) is 2. The van der Waals surface area contributed by atoms with Crippen LogP contribution in [0.15, 0.2) is 48.5 Å². The minimum Gasteiger partial charge on any atom is -0.337 e. The van der Waals surface area contributed by atoms with Gasteiger partial charge in [-0.1, -0.05) is 61.3 Å². The summed E-state index contributed by atoms with van der Waals surface area (Å²) in [5.41, 5.74) is 1.49. The second-order valence-electron chi connectivity index (χ2n) is 5.68. The minimum atomic E-state index is -0.282. The van der Waals surface area contributed by atoms with Gasteiger partial charge in [0.25, 0.3) is 0 Å². The van der Waals surface area contributed by atoms with Crippen LogP contribution >= 0.6 is 23.2 Å². The molecule has 0 aliphatic rings. The van der Waals surface area contributed by atoms with Crippen LogP contribution in [0.2, 0.25) is 10.0 Å². The molecule has 2 N–H and O–H groups in total. The van der Waals surface area contributed by atoms with E-state index in [0.717, 1.165) is 5.56 Å². The van der Waals surface area contributed by atoms with E-state index < -0.39 is 0 Å². The second kappa shape index (κ2) is 7.03. The zero-order valence-corrected chi connectivity index (χ0v) is 14.0. The molecule has 0 heterocycles. The van der Waals surface area contributed by atoms with Gasteiger partial charge in [0, 0.05) is 17.0 Å². The Kier molecular flexibility index (Phi) is 5.33. The molecule has 0 atom stereocenters. The Balaban J connectivity index is 1.95. The van der Waals surface area contributed by atoms with Crippen LogP contribution in [0.4, 0.5) is 10.5 Å². The number of rotatable bonds is 4. The number of nitrogens with one attached hydrogen (secondary N) is 2. The molecule has 0 aliphatic heterocycles. The summed E-state index contributed by atoms with van der Waals surface area (Å²) in [6.45, 7) is 4.61. The van der Waals surface area contributed by atoms with E-state index in [-0.39, 0.29) is 11.4 Å². The fourth-order valence-corrected chi connectivity index (χ4v) is 2.34. The van der Waals surface area contributed by atoms with E-state index in [9.17, 15) is 4.79 Å². The van der Waals surface area contributed by atoms with E-state index >= 15 is 0 Å². The SMILES string of the molecule is CC(C)(CNC(=O)Nc1ccccc1Cl)c1ccc(Cl)cc1. The third kappa shape index (κ3) is 4.39. The molecule has 2 aromatic carbocycles. The summed E-state index contributed by atoms with van der Waals surface area (Å²) in [4.78, 5) is 12.0. The van der Waals surface area contributed by atoms with Gasteiger partial charge in [-0.25, -0.2) is 4.79 Å². The number of hydrogen-bond acceptors (Lipinski definition) is 1. The first-order valence-electron chi connectivity index (χ1n) is 6.94. The number of halogens is 2. The highest BCUT2D eigenvalue weighted by Gasteiger charge is 2.21. The van der Waals surface area contributed by atoms with Gasteiger partial charge in [0.15, 0.2) is 0 Å². The van der Waals surface area contributed by atoms with Crippen molar-refractivity contribution in [2.45, 2.75) is 19.3 Å². The van der Waals surface area contributed by atoms with Crippen LogP contribution in [-0.2, 0) is 5.41 Å². The van der Waals surface area contributed by atoms with Crippen LogP contribution in [0, 0.1) is 0 Å². The molecule has 5 heteroatoms. The molecule has 0 aromatic heterocycles. The van der Waals surface area contributed by atoms with Crippen molar-refractivity contribution in [3.05, 3.63) is 64.1 Å². The molecule has 3 nitrogen and oxygen atoms in total. The summed E-state index contributed by atoms with van der Waals surface area (Å²) in [6, 6.07) is 14.5. The predicted molar refractivity (Wildman–Crippen MR) is 93.0 cm³/mol. The van der Waals surface area contributed by atoms with Gasteiger partial charge in [-0.2, -0.15) is 0 Å². The Morgan fingerprint density at radius 1 is 1.05 bits per heavy atom. The van der Waals surface area contributed by atoms with Crippen LogP contribution in [0.5, 0.6) is 0 Å². The van der Waals surface area contributed by atoms with Gasteiger partial charge in [-0.15, -0.1) is 0 Å².